The van der Waals surface area contributed by atoms with E-state index in [1.807, 2.05) is 49.5 Å². The van der Waals surface area contributed by atoms with Crippen LogP contribution in [-0.2, 0) is 7.05 Å². The first kappa shape index (κ1) is 15.2. The molecule has 1 aliphatic rings. The number of rotatable bonds is 5. The second kappa shape index (κ2) is 6.29. The number of aromatic nitrogens is 1. The Labute approximate surface area is 141 Å². The molecular formula is C20H22N2O2. The number of nitrogens with zero attached hydrogens (tertiary/aromatic N) is 2. The molecule has 24 heavy (non-hydrogen) atoms. The summed E-state index contributed by atoms with van der Waals surface area (Å²) in [5, 5.41) is 2.73. The number of hydrogen-bond acceptors (Lipinski definition) is 3. The summed E-state index contributed by atoms with van der Waals surface area (Å²) in [5.74, 6) is 0.864. The zero-order valence-electron chi connectivity index (χ0n) is 14.0. The molecule has 0 amide bonds. The molecule has 0 spiro atoms. The van der Waals surface area contributed by atoms with E-state index in [-0.39, 0.29) is 5.56 Å². The number of hydrogen-bond donors (Lipinski definition) is 0. The fourth-order valence-corrected chi connectivity index (χ4v) is 3.44. The van der Waals surface area contributed by atoms with Crippen LogP contribution in [0.4, 0.5) is 0 Å². The summed E-state index contributed by atoms with van der Waals surface area (Å²) in [4.78, 5) is 15.0. The van der Waals surface area contributed by atoms with E-state index in [1.165, 1.54) is 19.5 Å². The molecule has 4 heteroatoms. The number of likely N-dealkylation sites (tertiary alicyclic amines) is 1. The van der Waals surface area contributed by atoms with Crippen molar-refractivity contribution < 1.29 is 4.74 Å². The summed E-state index contributed by atoms with van der Waals surface area (Å²) in [5.41, 5.74) is 0.951. The van der Waals surface area contributed by atoms with Crippen LogP contribution < -0.4 is 10.3 Å². The minimum Gasteiger partial charge on any atom is -0.493 e. The maximum atomic E-state index is 12.5. The van der Waals surface area contributed by atoms with Crippen LogP contribution in [0.1, 0.15) is 12.8 Å². The Hall–Kier alpha value is -2.33. The lowest BCUT2D eigenvalue weighted by Gasteiger charge is -2.30. The minimum atomic E-state index is 0.0352. The predicted octanol–water partition coefficient (Wildman–Crippen LogP) is 3.17. The average molecular weight is 322 g/mol. The molecule has 2 heterocycles. The molecule has 1 fully saturated rings. The molecule has 0 N–H and O–H groups in total. The second-order valence-corrected chi connectivity index (χ2v) is 6.46. The summed E-state index contributed by atoms with van der Waals surface area (Å²) < 4.78 is 7.81. The van der Waals surface area contributed by atoms with Gasteiger partial charge in [0.25, 0.3) is 5.56 Å². The standard InChI is InChI=1S/C20H22N2O2/c1-21-17-9-4-10-18(24-14-6-13-22-11-5-12-22)19(17)15-7-2-3-8-16(15)20(21)23/h2-4,7-10H,5-6,11-14H2,1H3. The lowest BCUT2D eigenvalue weighted by atomic mass is 10.1. The Morgan fingerprint density at radius 2 is 1.83 bits per heavy atom. The van der Waals surface area contributed by atoms with E-state index in [2.05, 4.69) is 4.90 Å². The van der Waals surface area contributed by atoms with Gasteiger partial charge in [0.2, 0.25) is 0 Å². The van der Waals surface area contributed by atoms with Gasteiger partial charge >= 0.3 is 0 Å². The highest BCUT2D eigenvalue weighted by Crippen LogP contribution is 2.31. The molecule has 0 atom stereocenters. The lowest BCUT2D eigenvalue weighted by Crippen LogP contribution is -2.38. The number of fused-ring (bicyclic) bond motifs is 3. The third-order valence-corrected chi connectivity index (χ3v) is 4.92. The summed E-state index contributed by atoms with van der Waals surface area (Å²) in [6.07, 6.45) is 2.35. The van der Waals surface area contributed by atoms with Gasteiger partial charge in [-0.1, -0.05) is 24.3 Å². The predicted molar refractivity (Wildman–Crippen MR) is 97.9 cm³/mol. The van der Waals surface area contributed by atoms with Crippen LogP contribution in [0.5, 0.6) is 5.75 Å². The van der Waals surface area contributed by atoms with Gasteiger partial charge in [0.1, 0.15) is 5.75 Å². The summed E-state index contributed by atoms with van der Waals surface area (Å²) in [6, 6.07) is 13.7. The van der Waals surface area contributed by atoms with Crippen LogP contribution in [0.25, 0.3) is 21.7 Å². The van der Waals surface area contributed by atoms with Crippen molar-refractivity contribution in [1.82, 2.24) is 9.47 Å². The van der Waals surface area contributed by atoms with Crippen molar-refractivity contribution in [3.63, 3.8) is 0 Å². The molecule has 1 aromatic heterocycles. The maximum absolute atomic E-state index is 12.5. The van der Waals surface area contributed by atoms with Crippen LogP contribution in [0.3, 0.4) is 0 Å². The fourth-order valence-electron chi connectivity index (χ4n) is 3.44. The average Bonchev–Trinajstić information content (AvgIpc) is 2.57. The molecule has 4 nitrogen and oxygen atoms in total. The van der Waals surface area contributed by atoms with Crippen molar-refractivity contribution in [2.45, 2.75) is 12.8 Å². The third kappa shape index (κ3) is 2.57. The van der Waals surface area contributed by atoms with Gasteiger partial charge in [-0.25, -0.2) is 0 Å². The zero-order chi connectivity index (χ0) is 16.5. The first-order valence-corrected chi connectivity index (χ1v) is 8.61. The molecular weight excluding hydrogens is 300 g/mol. The molecule has 0 aliphatic carbocycles. The smallest absolute Gasteiger partial charge is 0.258 e. The number of pyridine rings is 1. The van der Waals surface area contributed by atoms with Gasteiger partial charge in [0.15, 0.2) is 0 Å². The van der Waals surface area contributed by atoms with Crippen LogP contribution in [-0.4, -0.2) is 35.7 Å². The second-order valence-electron chi connectivity index (χ2n) is 6.46. The van der Waals surface area contributed by atoms with E-state index in [4.69, 9.17) is 4.74 Å². The molecule has 1 aliphatic heterocycles. The van der Waals surface area contributed by atoms with Gasteiger partial charge in [-0.05, 0) is 44.1 Å². The Balaban J connectivity index is 1.71. The molecule has 0 radical (unpaired) electrons. The van der Waals surface area contributed by atoms with E-state index in [1.54, 1.807) is 4.57 Å². The molecule has 4 rings (SSSR count). The Morgan fingerprint density at radius 1 is 1.04 bits per heavy atom. The normalized spacial score (nSPS) is 14.9. The lowest BCUT2D eigenvalue weighted by molar-refractivity contribution is 0.166. The molecule has 0 saturated carbocycles. The number of ether oxygens (including phenoxy) is 1. The van der Waals surface area contributed by atoms with Gasteiger partial charge in [-0.15, -0.1) is 0 Å². The van der Waals surface area contributed by atoms with E-state index in [0.717, 1.165) is 40.4 Å². The van der Waals surface area contributed by atoms with E-state index in [0.29, 0.717) is 6.61 Å². The maximum Gasteiger partial charge on any atom is 0.258 e. The van der Waals surface area contributed by atoms with Crippen molar-refractivity contribution in [3.8, 4) is 5.75 Å². The van der Waals surface area contributed by atoms with Crippen molar-refractivity contribution >= 4 is 21.7 Å². The first-order chi connectivity index (χ1) is 11.8. The molecule has 2 aromatic carbocycles. The number of aryl methyl sites for hydroxylation is 1. The molecule has 1 saturated heterocycles. The summed E-state index contributed by atoms with van der Waals surface area (Å²) in [6.45, 7) is 4.25. The van der Waals surface area contributed by atoms with Gasteiger partial charge in [-0.2, -0.15) is 0 Å². The number of benzene rings is 2. The highest BCUT2D eigenvalue weighted by molar-refractivity contribution is 6.08. The highest BCUT2D eigenvalue weighted by atomic mass is 16.5. The van der Waals surface area contributed by atoms with Crippen LogP contribution in [0.15, 0.2) is 47.3 Å². The largest absolute Gasteiger partial charge is 0.493 e. The van der Waals surface area contributed by atoms with E-state index >= 15 is 0 Å². The minimum absolute atomic E-state index is 0.0352. The molecule has 124 valence electrons. The Kier molecular flexibility index (Phi) is 3.98. The van der Waals surface area contributed by atoms with Crippen LogP contribution in [0, 0.1) is 0 Å². The first-order valence-electron chi connectivity index (χ1n) is 8.61. The van der Waals surface area contributed by atoms with Gasteiger partial charge in [-0.3, -0.25) is 4.79 Å². The summed E-state index contributed by atoms with van der Waals surface area (Å²) in [7, 11) is 1.82. The van der Waals surface area contributed by atoms with Gasteiger partial charge in [0.05, 0.1) is 12.1 Å². The topological polar surface area (TPSA) is 34.5 Å². The molecule has 3 aromatic rings. The van der Waals surface area contributed by atoms with Gasteiger partial charge < -0.3 is 14.2 Å². The SMILES string of the molecule is Cn1c(=O)c2ccccc2c2c(OCCCN3CCC3)cccc21. The Bertz CT molecular complexity index is 941. The zero-order valence-corrected chi connectivity index (χ0v) is 14.0. The van der Waals surface area contributed by atoms with Crippen molar-refractivity contribution in [2.24, 2.45) is 7.05 Å². The van der Waals surface area contributed by atoms with Crippen molar-refractivity contribution in [3.05, 3.63) is 52.8 Å². The molecule has 0 bridgehead atoms. The molecule has 0 unspecified atom stereocenters. The third-order valence-electron chi connectivity index (χ3n) is 4.92. The van der Waals surface area contributed by atoms with Crippen LogP contribution >= 0.6 is 0 Å². The Morgan fingerprint density at radius 3 is 2.58 bits per heavy atom. The summed E-state index contributed by atoms with van der Waals surface area (Å²) >= 11 is 0. The van der Waals surface area contributed by atoms with Crippen molar-refractivity contribution in [2.75, 3.05) is 26.2 Å². The fraction of sp³-hybridized carbons (Fsp3) is 0.350. The quantitative estimate of drug-likeness (QED) is 0.534. The van der Waals surface area contributed by atoms with Gasteiger partial charge in [0, 0.05) is 29.8 Å². The monoisotopic (exact) mass is 322 g/mol. The van der Waals surface area contributed by atoms with E-state index < -0.39 is 0 Å². The van der Waals surface area contributed by atoms with Crippen molar-refractivity contribution in [1.29, 1.82) is 0 Å². The highest BCUT2D eigenvalue weighted by Gasteiger charge is 2.14. The van der Waals surface area contributed by atoms with Crippen LogP contribution in [0.2, 0.25) is 0 Å². The van der Waals surface area contributed by atoms with E-state index in [9.17, 15) is 4.79 Å².